The predicted molar refractivity (Wildman–Crippen MR) is 63.5 cm³/mol. The van der Waals surface area contributed by atoms with Gasteiger partial charge >= 0.3 is 0 Å². The first-order valence-corrected chi connectivity index (χ1v) is 6.19. The number of allylic oxidation sites excluding steroid dienone is 1. The standard InChI is InChI=1S/C13H25N/c1-3-5-6-7-8-12-14-13(4-2)10-9-11-13/h3,14H,1,4-12H2,2H3. The van der Waals surface area contributed by atoms with Crippen LogP contribution in [0.2, 0.25) is 0 Å². The molecule has 0 radical (unpaired) electrons. The van der Waals surface area contributed by atoms with E-state index in [1.54, 1.807) is 0 Å². The molecule has 1 rings (SSSR count). The van der Waals surface area contributed by atoms with Crippen LogP contribution in [0.3, 0.4) is 0 Å². The molecule has 14 heavy (non-hydrogen) atoms. The molecule has 0 aromatic heterocycles. The minimum Gasteiger partial charge on any atom is -0.311 e. The van der Waals surface area contributed by atoms with E-state index in [4.69, 9.17) is 0 Å². The first-order chi connectivity index (χ1) is 6.83. The molecule has 82 valence electrons. The van der Waals surface area contributed by atoms with Crippen molar-refractivity contribution in [3.63, 3.8) is 0 Å². The van der Waals surface area contributed by atoms with Crippen LogP contribution in [0.1, 0.15) is 58.3 Å². The smallest absolute Gasteiger partial charge is 0.0178 e. The highest BCUT2D eigenvalue weighted by Crippen LogP contribution is 2.34. The van der Waals surface area contributed by atoms with Crippen LogP contribution in [0.15, 0.2) is 12.7 Å². The first-order valence-electron chi connectivity index (χ1n) is 6.19. The summed E-state index contributed by atoms with van der Waals surface area (Å²) >= 11 is 0. The zero-order chi connectivity index (χ0) is 10.3. The summed E-state index contributed by atoms with van der Waals surface area (Å²) in [6.07, 6.45) is 12.7. The summed E-state index contributed by atoms with van der Waals surface area (Å²) in [5.74, 6) is 0. The fourth-order valence-electron chi connectivity index (χ4n) is 2.20. The van der Waals surface area contributed by atoms with Crippen molar-refractivity contribution in [1.82, 2.24) is 5.32 Å². The largest absolute Gasteiger partial charge is 0.311 e. The fourth-order valence-corrected chi connectivity index (χ4v) is 2.20. The average Bonchev–Trinajstić information content (AvgIpc) is 2.15. The maximum atomic E-state index is 3.74. The van der Waals surface area contributed by atoms with Crippen LogP contribution in [-0.4, -0.2) is 12.1 Å². The highest BCUT2D eigenvalue weighted by Gasteiger charge is 2.33. The molecular formula is C13H25N. The molecule has 0 atom stereocenters. The van der Waals surface area contributed by atoms with Crippen molar-refractivity contribution < 1.29 is 0 Å². The normalized spacial score (nSPS) is 18.9. The Balaban J connectivity index is 1.95. The Morgan fingerprint density at radius 1 is 1.29 bits per heavy atom. The van der Waals surface area contributed by atoms with Gasteiger partial charge in [-0.2, -0.15) is 0 Å². The molecule has 1 saturated carbocycles. The van der Waals surface area contributed by atoms with E-state index in [2.05, 4.69) is 18.8 Å². The van der Waals surface area contributed by atoms with E-state index in [1.807, 2.05) is 6.08 Å². The Morgan fingerprint density at radius 2 is 2.07 bits per heavy atom. The van der Waals surface area contributed by atoms with Crippen molar-refractivity contribution in [3.05, 3.63) is 12.7 Å². The molecule has 0 heterocycles. The molecule has 0 bridgehead atoms. The second-order valence-corrected chi connectivity index (χ2v) is 4.55. The summed E-state index contributed by atoms with van der Waals surface area (Å²) in [5, 5.41) is 3.73. The van der Waals surface area contributed by atoms with E-state index < -0.39 is 0 Å². The molecule has 0 amide bonds. The van der Waals surface area contributed by atoms with E-state index >= 15 is 0 Å². The number of unbranched alkanes of at least 4 members (excludes halogenated alkanes) is 3. The average molecular weight is 195 g/mol. The van der Waals surface area contributed by atoms with Crippen molar-refractivity contribution >= 4 is 0 Å². The summed E-state index contributed by atoms with van der Waals surface area (Å²) in [4.78, 5) is 0. The summed E-state index contributed by atoms with van der Waals surface area (Å²) < 4.78 is 0. The van der Waals surface area contributed by atoms with Gasteiger partial charge in [0.1, 0.15) is 0 Å². The third-order valence-corrected chi connectivity index (χ3v) is 3.57. The van der Waals surface area contributed by atoms with E-state index in [-0.39, 0.29) is 0 Å². The monoisotopic (exact) mass is 195 g/mol. The topological polar surface area (TPSA) is 12.0 Å². The molecule has 1 nitrogen and oxygen atoms in total. The van der Waals surface area contributed by atoms with Gasteiger partial charge in [0.15, 0.2) is 0 Å². The highest BCUT2D eigenvalue weighted by molar-refractivity contribution is 4.94. The summed E-state index contributed by atoms with van der Waals surface area (Å²) in [7, 11) is 0. The van der Waals surface area contributed by atoms with Gasteiger partial charge in [0.05, 0.1) is 0 Å². The molecule has 0 unspecified atom stereocenters. The lowest BCUT2D eigenvalue weighted by molar-refractivity contribution is 0.177. The SMILES string of the molecule is C=CCCCCCNC1(CC)CCC1. The quantitative estimate of drug-likeness (QED) is 0.460. The second-order valence-electron chi connectivity index (χ2n) is 4.55. The van der Waals surface area contributed by atoms with E-state index in [1.165, 1.54) is 57.9 Å². The lowest BCUT2D eigenvalue weighted by Gasteiger charge is -2.42. The number of rotatable bonds is 8. The van der Waals surface area contributed by atoms with Gasteiger partial charge in [0.2, 0.25) is 0 Å². The van der Waals surface area contributed by atoms with Gasteiger partial charge < -0.3 is 5.32 Å². The van der Waals surface area contributed by atoms with Gasteiger partial charge in [-0.1, -0.05) is 19.4 Å². The zero-order valence-electron chi connectivity index (χ0n) is 9.65. The third-order valence-electron chi connectivity index (χ3n) is 3.57. The van der Waals surface area contributed by atoms with Crippen LogP contribution < -0.4 is 5.32 Å². The van der Waals surface area contributed by atoms with Crippen LogP contribution >= 0.6 is 0 Å². The summed E-state index contributed by atoms with van der Waals surface area (Å²) in [6.45, 7) is 7.26. The minimum atomic E-state index is 0.540. The van der Waals surface area contributed by atoms with Gasteiger partial charge in [0, 0.05) is 5.54 Å². The Morgan fingerprint density at radius 3 is 2.57 bits per heavy atom. The lowest BCUT2D eigenvalue weighted by atomic mass is 9.75. The Bertz CT molecular complexity index is 153. The third kappa shape index (κ3) is 3.45. The van der Waals surface area contributed by atoms with Crippen LogP contribution in [-0.2, 0) is 0 Å². The van der Waals surface area contributed by atoms with Crippen LogP contribution in [0.5, 0.6) is 0 Å². The summed E-state index contributed by atoms with van der Waals surface area (Å²) in [6, 6.07) is 0. The summed E-state index contributed by atoms with van der Waals surface area (Å²) in [5.41, 5.74) is 0.540. The van der Waals surface area contributed by atoms with Crippen LogP contribution in [0.25, 0.3) is 0 Å². The van der Waals surface area contributed by atoms with E-state index in [9.17, 15) is 0 Å². The van der Waals surface area contributed by atoms with Crippen molar-refractivity contribution in [2.24, 2.45) is 0 Å². The molecule has 0 spiro atoms. The maximum Gasteiger partial charge on any atom is 0.0178 e. The number of hydrogen-bond acceptors (Lipinski definition) is 1. The Kier molecular flexibility index (Phi) is 5.24. The van der Waals surface area contributed by atoms with Gasteiger partial charge in [-0.15, -0.1) is 6.58 Å². The van der Waals surface area contributed by atoms with Crippen molar-refractivity contribution in [2.75, 3.05) is 6.54 Å². The molecule has 0 aromatic rings. The molecule has 0 aromatic carbocycles. The van der Waals surface area contributed by atoms with Crippen LogP contribution in [0, 0.1) is 0 Å². The second kappa shape index (κ2) is 6.23. The zero-order valence-corrected chi connectivity index (χ0v) is 9.65. The van der Waals surface area contributed by atoms with E-state index in [0.29, 0.717) is 5.54 Å². The molecule has 1 aliphatic rings. The Labute approximate surface area is 89.0 Å². The van der Waals surface area contributed by atoms with Gasteiger partial charge in [-0.25, -0.2) is 0 Å². The van der Waals surface area contributed by atoms with Gasteiger partial charge in [-0.3, -0.25) is 0 Å². The maximum absolute atomic E-state index is 3.74. The van der Waals surface area contributed by atoms with Crippen LogP contribution in [0.4, 0.5) is 0 Å². The molecule has 0 aliphatic heterocycles. The lowest BCUT2D eigenvalue weighted by Crippen LogP contribution is -2.50. The van der Waals surface area contributed by atoms with Gasteiger partial charge in [0.25, 0.3) is 0 Å². The number of hydrogen-bond donors (Lipinski definition) is 1. The fraction of sp³-hybridized carbons (Fsp3) is 0.846. The molecule has 1 fully saturated rings. The van der Waals surface area contributed by atoms with Gasteiger partial charge in [-0.05, 0) is 51.5 Å². The minimum absolute atomic E-state index is 0.540. The molecular weight excluding hydrogens is 170 g/mol. The Hall–Kier alpha value is -0.300. The molecule has 1 aliphatic carbocycles. The van der Waals surface area contributed by atoms with Crippen molar-refractivity contribution in [2.45, 2.75) is 63.8 Å². The molecule has 1 heteroatoms. The predicted octanol–water partition coefficient (Wildman–Crippen LogP) is 3.66. The van der Waals surface area contributed by atoms with Crippen molar-refractivity contribution in [3.8, 4) is 0 Å². The molecule has 1 N–H and O–H groups in total. The number of nitrogens with one attached hydrogen (secondary N) is 1. The first kappa shape index (κ1) is 11.8. The molecule has 0 saturated heterocycles. The van der Waals surface area contributed by atoms with E-state index in [0.717, 1.165) is 0 Å². The van der Waals surface area contributed by atoms with Crippen molar-refractivity contribution in [1.29, 1.82) is 0 Å². The highest BCUT2D eigenvalue weighted by atomic mass is 15.0.